The third kappa shape index (κ3) is 2.76. The molecule has 0 radical (unpaired) electrons. The number of amides is 1. The highest BCUT2D eigenvalue weighted by atomic mass is 16.6. The minimum absolute atomic E-state index is 0.00289. The van der Waals surface area contributed by atoms with Crippen LogP contribution in [0, 0.1) is 17.0 Å². The lowest BCUT2D eigenvalue weighted by Crippen LogP contribution is -2.12. The molecule has 19 heavy (non-hydrogen) atoms. The SMILES string of the molecule is Cc1cc([N+](=O)[O-])ccc1NC(=O)c1cnn(C)c1. The Labute approximate surface area is 109 Å². The van der Waals surface area contributed by atoms with E-state index in [1.54, 1.807) is 20.2 Å². The first-order valence-electron chi connectivity index (χ1n) is 5.52. The number of aryl methyl sites for hydroxylation is 2. The van der Waals surface area contributed by atoms with E-state index in [0.29, 0.717) is 16.8 Å². The molecule has 2 aromatic rings. The van der Waals surface area contributed by atoms with Crippen LogP contribution in [0.5, 0.6) is 0 Å². The lowest BCUT2D eigenvalue weighted by molar-refractivity contribution is -0.384. The summed E-state index contributed by atoms with van der Waals surface area (Å²) in [5.41, 5.74) is 1.60. The van der Waals surface area contributed by atoms with Gasteiger partial charge in [0.2, 0.25) is 0 Å². The standard InChI is InChI=1S/C12H12N4O3/c1-8-5-10(16(18)19)3-4-11(8)14-12(17)9-6-13-15(2)7-9/h3-7H,1-2H3,(H,14,17). The maximum Gasteiger partial charge on any atom is 0.269 e. The Morgan fingerprint density at radius 2 is 2.21 bits per heavy atom. The van der Waals surface area contributed by atoms with Crippen molar-refractivity contribution in [2.45, 2.75) is 6.92 Å². The van der Waals surface area contributed by atoms with Gasteiger partial charge in [0, 0.05) is 31.1 Å². The summed E-state index contributed by atoms with van der Waals surface area (Å²) < 4.78 is 1.53. The number of carbonyl (C=O) groups is 1. The van der Waals surface area contributed by atoms with Crippen molar-refractivity contribution in [2.24, 2.45) is 7.05 Å². The predicted molar refractivity (Wildman–Crippen MR) is 69.0 cm³/mol. The highest BCUT2D eigenvalue weighted by molar-refractivity contribution is 6.04. The molecule has 7 nitrogen and oxygen atoms in total. The first-order valence-corrected chi connectivity index (χ1v) is 5.52. The molecule has 0 spiro atoms. The normalized spacial score (nSPS) is 10.2. The van der Waals surface area contributed by atoms with Crippen molar-refractivity contribution in [2.75, 3.05) is 5.32 Å². The zero-order valence-electron chi connectivity index (χ0n) is 10.5. The summed E-state index contributed by atoms with van der Waals surface area (Å²) in [6, 6.07) is 4.28. The Kier molecular flexibility index (Phi) is 3.28. The Balaban J connectivity index is 2.20. The minimum atomic E-state index is -0.473. The molecule has 1 heterocycles. The average Bonchev–Trinajstić information content (AvgIpc) is 2.78. The van der Waals surface area contributed by atoms with Crippen LogP contribution >= 0.6 is 0 Å². The quantitative estimate of drug-likeness (QED) is 0.674. The lowest BCUT2D eigenvalue weighted by Gasteiger charge is -2.06. The van der Waals surface area contributed by atoms with E-state index < -0.39 is 4.92 Å². The van der Waals surface area contributed by atoms with Crippen LogP contribution in [0.3, 0.4) is 0 Å². The monoisotopic (exact) mass is 260 g/mol. The van der Waals surface area contributed by atoms with Gasteiger partial charge >= 0.3 is 0 Å². The van der Waals surface area contributed by atoms with E-state index in [1.807, 2.05) is 0 Å². The van der Waals surface area contributed by atoms with Crippen LogP contribution in [-0.4, -0.2) is 20.6 Å². The topological polar surface area (TPSA) is 90.1 Å². The summed E-state index contributed by atoms with van der Waals surface area (Å²) in [6.45, 7) is 1.70. The van der Waals surface area contributed by atoms with Gasteiger partial charge in [0.25, 0.3) is 11.6 Å². The molecule has 7 heteroatoms. The van der Waals surface area contributed by atoms with Crippen molar-refractivity contribution in [3.63, 3.8) is 0 Å². The number of rotatable bonds is 3. The molecule has 0 aliphatic heterocycles. The predicted octanol–water partition coefficient (Wildman–Crippen LogP) is 1.89. The van der Waals surface area contributed by atoms with Gasteiger partial charge in [-0.2, -0.15) is 5.10 Å². The van der Waals surface area contributed by atoms with Gasteiger partial charge in [-0.05, 0) is 18.6 Å². The fourth-order valence-electron chi connectivity index (χ4n) is 1.63. The van der Waals surface area contributed by atoms with Crippen LogP contribution < -0.4 is 5.32 Å². The summed E-state index contributed by atoms with van der Waals surface area (Å²) >= 11 is 0. The van der Waals surface area contributed by atoms with Crippen molar-refractivity contribution >= 4 is 17.3 Å². The largest absolute Gasteiger partial charge is 0.322 e. The zero-order valence-corrected chi connectivity index (χ0v) is 10.5. The Morgan fingerprint density at radius 1 is 1.47 bits per heavy atom. The third-order valence-corrected chi connectivity index (χ3v) is 2.64. The number of hydrogen-bond acceptors (Lipinski definition) is 4. The van der Waals surface area contributed by atoms with Gasteiger partial charge in [-0.25, -0.2) is 0 Å². The van der Waals surface area contributed by atoms with Crippen LogP contribution in [0.15, 0.2) is 30.6 Å². The lowest BCUT2D eigenvalue weighted by atomic mass is 10.1. The van der Waals surface area contributed by atoms with Gasteiger partial charge in [-0.1, -0.05) is 0 Å². The molecule has 98 valence electrons. The average molecular weight is 260 g/mol. The number of non-ortho nitro benzene ring substituents is 1. The van der Waals surface area contributed by atoms with Gasteiger partial charge in [0.05, 0.1) is 16.7 Å². The number of carbonyl (C=O) groups excluding carboxylic acids is 1. The first-order chi connectivity index (χ1) is 8.97. The molecule has 0 atom stereocenters. The maximum atomic E-state index is 11.9. The molecule has 1 aromatic heterocycles. The molecule has 0 fully saturated rings. The summed E-state index contributed by atoms with van der Waals surface area (Å²) in [5.74, 6) is -0.301. The van der Waals surface area contributed by atoms with E-state index in [-0.39, 0.29) is 11.6 Å². The van der Waals surface area contributed by atoms with Crippen LogP contribution in [0.25, 0.3) is 0 Å². The van der Waals surface area contributed by atoms with Crippen molar-refractivity contribution in [3.8, 4) is 0 Å². The van der Waals surface area contributed by atoms with E-state index >= 15 is 0 Å². The summed E-state index contributed by atoms with van der Waals surface area (Å²) in [4.78, 5) is 22.0. The molecule has 1 N–H and O–H groups in total. The second-order valence-corrected chi connectivity index (χ2v) is 4.11. The van der Waals surface area contributed by atoms with E-state index in [1.165, 1.54) is 29.1 Å². The molecule has 0 aliphatic rings. The molecule has 0 bridgehead atoms. The fourth-order valence-corrected chi connectivity index (χ4v) is 1.63. The second kappa shape index (κ2) is 4.89. The van der Waals surface area contributed by atoms with Crippen LogP contribution in [-0.2, 0) is 7.05 Å². The smallest absolute Gasteiger partial charge is 0.269 e. The number of benzene rings is 1. The van der Waals surface area contributed by atoms with Gasteiger partial charge in [-0.3, -0.25) is 19.6 Å². The second-order valence-electron chi connectivity index (χ2n) is 4.11. The van der Waals surface area contributed by atoms with Crippen LogP contribution in [0.2, 0.25) is 0 Å². The summed E-state index contributed by atoms with van der Waals surface area (Å²) in [7, 11) is 1.72. The molecule has 0 unspecified atom stereocenters. The number of anilines is 1. The molecule has 1 amide bonds. The number of nitro benzene ring substituents is 1. The number of aromatic nitrogens is 2. The first kappa shape index (κ1) is 12.7. The Bertz CT molecular complexity index is 648. The molecular weight excluding hydrogens is 248 g/mol. The molecule has 1 aromatic carbocycles. The number of nitrogens with zero attached hydrogens (tertiary/aromatic N) is 3. The number of nitro groups is 1. The van der Waals surface area contributed by atoms with Crippen LogP contribution in [0.1, 0.15) is 15.9 Å². The summed E-state index contributed by atoms with van der Waals surface area (Å²) in [6.07, 6.45) is 3.05. The zero-order chi connectivity index (χ0) is 14.0. The van der Waals surface area contributed by atoms with E-state index in [2.05, 4.69) is 10.4 Å². The summed E-state index contributed by atoms with van der Waals surface area (Å²) in [5, 5.41) is 17.2. The van der Waals surface area contributed by atoms with Gasteiger partial charge < -0.3 is 5.32 Å². The maximum absolute atomic E-state index is 11.9. The minimum Gasteiger partial charge on any atom is -0.322 e. The van der Waals surface area contributed by atoms with Gasteiger partial charge in [-0.15, -0.1) is 0 Å². The Hall–Kier alpha value is -2.70. The highest BCUT2D eigenvalue weighted by Crippen LogP contribution is 2.21. The molecular formula is C12H12N4O3. The van der Waals surface area contributed by atoms with E-state index in [4.69, 9.17) is 0 Å². The highest BCUT2D eigenvalue weighted by Gasteiger charge is 2.12. The molecule has 0 aliphatic carbocycles. The van der Waals surface area contributed by atoms with Crippen molar-refractivity contribution < 1.29 is 9.72 Å². The third-order valence-electron chi connectivity index (χ3n) is 2.64. The van der Waals surface area contributed by atoms with Crippen molar-refractivity contribution in [3.05, 3.63) is 51.8 Å². The Morgan fingerprint density at radius 3 is 2.74 bits per heavy atom. The van der Waals surface area contributed by atoms with Crippen LogP contribution in [0.4, 0.5) is 11.4 Å². The van der Waals surface area contributed by atoms with Gasteiger partial charge in [0.1, 0.15) is 0 Å². The van der Waals surface area contributed by atoms with Crippen molar-refractivity contribution in [1.82, 2.24) is 9.78 Å². The number of hydrogen-bond donors (Lipinski definition) is 1. The van der Waals surface area contributed by atoms with Gasteiger partial charge in [0.15, 0.2) is 0 Å². The van der Waals surface area contributed by atoms with E-state index in [9.17, 15) is 14.9 Å². The molecule has 0 saturated heterocycles. The fraction of sp³-hybridized carbons (Fsp3) is 0.167. The van der Waals surface area contributed by atoms with E-state index in [0.717, 1.165) is 0 Å². The molecule has 0 saturated carbocycles. The number of nitrogens with one attached hydrogen (secondary N) is 1. The molecule has 2 rings (SSSR count). The van der Waals surface area contributed by atoms with Crippen molar-refractivity contribution in [1.29, 1.82) is 0 Å².